The van der Waals surface area contributed by atoms with Crippen LogP contribution in [-0.4, -0.2) is 23.0 Å². The highest BCUT2D eigenvalue weighted by Crippen LogP contribution is 2.32. The molecule has 0 aromatic heterocycles. The lowest BCUT2D eigenvalue weighted by Gasteiger charge is -2.11. The van der Waals surface area contributed by atoms with Gasteiger partial charge < -0.3 is 14.6 Å². The van der Waals surface area contributed by atoms with Gasteiger partial charge in [0, 0.05) is 13.4 Å². The van der Waals surface area contributed by atoms with Gasteiger partial charge in [-0.05, 0) is 68.3 Å². The molecular formula is C21H7Br3F4O6. The van der Waals surface area contributed by atoms with Crippen LogP contribution in [0.4, 0.5) is 17.6 Å². The molecule has 13 heteroatoms. The van der Waals surface area contributed by atoms with Gasteiger partial charge in [-0.25, -0.2) is 23.2 Å². The number of carbonyl (C=O) groups is 3. The van der Waals surface area contributed by atoms with Crippen LogP contribution in [0.25, 0.3) is 0 Å². The number of ether oxygens (including phenoxy) is 2. The van der Waals surface area contributed by atoms with E-state index >= 15 is 0 Å². The Morgan fingerprint density at radius 1 is 0.765 bits per heavy atom. The number of benzene rings is 3. The summed E-state index contributed by atoms with van der Waals surface area (Å²) in [5.74, 6) is -15.0. The molecule has 0 amide bonds. The minimum atomic E-state index is -2.25. The highest BCUT2D eigenvalue weighted by molar-refractivity contribution is 9.13. The molecule has 0 aliphatic heterocycles. The molecule has 0 spiro atoms. The van der Waals surface area contributed by atoms with Crippen LogP contribution in [0, 0.1) is 23.3 Å². The summed E-state index contributed by atoms with van der Waals surface area (Å²) >= 11 is 9.76. The first-order valence-corrected chi connectivity index (χ1v) is 11.1. The number of halogens is 7. The van der Waals surface area contributed by atoms with E-state index in [1.54, 1.807) is 6.07 Å². The normalized spacial score (nSPS) is 10.7. The summed E-state index contributed by atoms with van der Waals surface area (Å²) in [6.45, 7) is 0. The molecule has 3 aromatic rings. The zero-order chi connectivity index (χ0) is 25.3. The number of hydrogen-bond acceptors (Lipinski definition) is 5. The molecule has 176 valence electrons. The van der Waals surface area contributed by atoms with Gasteiger partial charge in [-0.1, -0.05) is 15.9 Å². The molecule has 0 bridgehead atoms. The number of aromatic carboxylic acids is 1. The van der Waals surface area contributed by atoms with Crippen LogP contribution in [0.15, 0.2) is 49.8 Å². The lowest BCUT2D eigenvalue weighted by molar-refractivity contribution is 0.0680. The van der Waals surface area contributed by atoms with Crippen LogP contribution >= 0.6 is 47.8 Å². The van der Waals surface area contributed by atoms with Crippen LogP contribution in [0.3, 0.4) is 0 Å². The van der Waals surface area contributed by atoms with Crippen LogP contribution in [0.1, 0.15) is 31.1 Å². The first kappa shape index (κ1) is 25.8. The maximum Gasteiger partial charge on any atom is 0.344 e. The Kier molecular flexibility index (Phi) is 7.78. The van der Waals surface area contributed by atoms with Crippen LogP contribution in [0.2, 0.25) is 0 Å². The molecular weight excluding hydrogens is 664 g/mol. The van der Waals surface area contributed by atoms with Crippen molar-refractivity contribution in [2.75, 3.05) is 0 Å². The number of rotatable bonds is 5. The van der Waals surface area contributed by atoms with Crippen molar-refractivity contribution in [1.29, 1.82) is 0 Å². The van der Waals surface area contributed by atoms with E-state index in [9.17, 15) is 31.9 Å². The molecule has 0 aliphatic rings. The number of carbonyl (C=O) groups excluding carboxylic acids is 2. The molecule has 0 saturated heterocycles. The predicted molar refractivity (Wildman–Crippen MR) is 119 cm³/mol. The maximum atomic E-state index is 14.0. The van der Waals surface area contributed by atoms with E-state index in [0.29, 0.717) is 13.4 Å². The Morgan fingerprint density at radius 3 is 1.85 bits per heavy atom. The first-order chi connectivity index (χ1) is 15.9. The summed E-state index contributed by atoms with van der Waals surface area (Å²) in [6.07, 6.45) is 0. The van der Waals surface area contributed by atoms with Crippen molar-refractivity contribution in [1.82, 2.24) is 0 Å². The highest BCUT2D eigenvalue weighted by atomic mass is 79.9. The molecule has 0 atom stereocenters. The Hall–Kier alpha value is -2.77. The minimum Gasteiger partial charge on any atom is -0.477 e. The molecule has 0 saturated carbocycles. The lowest BCUT2D eigenvalue weighted by atomic mass is 10.1. The highest BCUT2D eigenvalue weighted by Gasteiger charge is 2.31. The summed E-state index contributed by atoms with van der Waals surface area (Å²) in [7, 11) is 0. The zero-order valence-electron chi connectivity index (χ0n) is 16.1. The van der Waals surface area contributed by atoms with E-state index in [1.165, 1.54) is 6.07 Å². The van der Waals surface area contributed by atoms with E-state index in [-0.39, 0.29) is 16.9 Å². The van der Waals surface area contributed by atoms with Crippen molar-refractivity contribution in [3.8, 4) is 11.5 Å². The molecule has 3 rings (SSSR count). The molecule has 34 heavy (non-hydrogen) atoms. The quantitative estimate of drug-likeness (QED) is 0.141. The van der Waals surface area contributed by atoms with Gasteiger partial charge in [-0.2, -0.15) is 8.78 Å². The van der Waals surface area contributed by atoms with Gasteiger partial charge in [0.1, 0.15) is 11.3 Å². The van der Waals surface area contributed by atoms with Crippen molar-refractivity contribution < 1.29 is 46.5 Å². The Bertz CT molecular complexity index is 1320. The second-order valence-electron chi connectivity index (χ2n) is 6.32. The predicted octanol–water partition coefficient (Wildman–Crippen LogP) is 6.67. The van der Waals surface area contributed by atoms with E-state index < -0.39 is 52.5 Å². The Morgan fingerprint density at radius 2 is 1.32 bits per heavy atom. The second-order valence-corrected chi connectivity index (χ2v) is 8.88. The molecule has 0 heterocycles. The van der Waals surface area contributed by atoms with Gasteiger partial charge in [0.25, 0.3) is 0 Å². The summed E-state index contributed by atoms with van der Waals surface area (Å²) in [4.78, 5) is 35.4. The third-order valence-corrected chi connectivity index (χ3v) is 6.61. The fourth-order valence-electron chi connectivity index (χ4n) is 2.57. The zero-order valence-corrected chi connectivity index (χ0v) is 20.9. The Balaban J connectivity index is 1.80. The first-order valence-electron chi connectivity index (χ1n) is 8.70. The molecule has 0 fully saturated rings. The monoisotopic (exact) mass is 668 g/mol. The van der Waals surface area contributed by atoms with Gasteiger partial charge >= 0.3 is 17.9 Å². The van der Waals surface area contributed by atoms with Gasteiger partial charge in [0.2, 0.25) is 17.4 Å². The molecule has 0 unspecified atom stereocenters. The van der Waals surface area contributed by atoms with Crippen LogP contribution < -0.4 is 9.47 Å². The SMILES string of the molecule is O=C(Oc1c(F)c(F)c(C(=O)O)c(F)c1F)c1ccc(OC(=O)c2cc(Br)cc(Br)c2Br)cc1. The molecule has 3 aromatic carbocycles. The van der Waals surface area contributed by atoms with E-state index in [1.807, 2.05) is 0 Å². The summed E-state index contributed by atoms with van der Waals surface area (Å²) in [5.41, 5.74) is -2.03. The van der Waals surface area contributed by atoms with Crippen molar-refractivity contribution in [3.05, 3.63) is 89.8 Å². The third-order valence-electron chi connectivity index (χ3n) is 4.15. The van der Waals surface area contributed by atoms with E-state index in [4.69, 9.17) is 9.84 Å². The lowest BCUT2D eigenvalue weighted by Crippen LogP contribution is -2.16. The molecule has 6 nitrogen and oxygen atoms in total. The number of hydrogen-bond donors (Lipinski definition) is 1. The van der Waals surface area contributed by atoms with E-state index in [0.717, 1.165) is 24.3 Å². The fraction of sp³-hybridized carbons (Fsp3) is 0. The number of carboxylic acids is 1. The molecule has 1 N–H and O–H groups in total. The average molecular weight is 671 g/mol. The maximum absolute atomic E-state index is 14.0. The summed E-state index contributed by atoms with van der Waals surface area (Å²) in [6, 6.07) is 7.64. The van der Waals surface area contributed by atoms with Crippen molar-refractivity contribution in [2.24, 2.45) is 0 Å². The van der Waals surface area contributed by atoms with Crippen molar-refractivity contribution in [2.45, 2.75) is 0 Å². The fourth-order valence-corrected chi connectivity index (χ4v) is 4.18. The van der Waals surface area contributed by atoms with Crippen LogP contribution in [-0.2, 0) is 0 Å². The smallest absolute Gasteiger partial charge is 0.344 e. The van der Waals surface area contributed by atoms with E-state index in [2.05, 4.69) is 52.5 Å². The van der Waals surface area contributed by atoms with Crippen LogP contribution in [0.5, 0.6) is 11.5 Å². The summed E-state index contributed by atoms with van der Waals surface area (Å²) in [5, 5.41) is 8.69. The molecule has 0 aliphatic carbocycles. The Labute approximate surface area is 212 Å². The molecule has 0 radical (unpaired) electrons. The van der Waals surface area contributed by atoms with Crippen molar-refractivity contribution in [3.63, 3.8) is 0 Å². The number of carboxylic acid groups (broad SMARTS) is 1. The number of esters is 2. The van der Waals surface area contributed by atoms with Gasteiger partial charge in [-0.15, -0.1) is 0 Å². The third kappa shape index (κ3) is 5.15. The van der Waals surface area contributed by atoms with Gasteiger partial charge in [0.15, 0.2) is 11.6 Å². The second kappa shape index (κ2) is 10.2. The topological polar surface area (TPSA) is 89.9 Å². The largest absolute Gasteiger partial charge is 0.477 e. The van der Waals surface area contributed by atoms with Gasteiger partial charge in [0.05, 0.1) is 11.1 Å². The minimum absolute atomic E-state index is 0.00944. The average Bonchev–Trinajstić information content (AvgIpc) is 2.78. The van der Waals surface area contributed by atoms with Crippen molar-refractivity contribution >= 4 is 65.7 Å². The van der Waals surface area contributed by atoms with Gasteiger partial charge in [-0.3, -0.25) is 0 Å². The standard InChI is InChI=1S/C21H7Br3F4O6/c22-8-5-10(13(24)11(23)6-8)21(32)33-9-3-1-7(2-4-9)20(31)34-18-16(27)14(25)12(19(29)30)15(26)17(18)28/h1-6H,(H,29,30). The summed E-state index contributed by atoms with van der Waals surface area (Å²) < 4.78 is 66.8.